The number of allylic oxidation sites excluding steroid dienone is 1. The van der Waals surface area contributed by atoms with Crippen LogP contribution in [0, 0.1) is 11.8 Å². The zero-order valence-corrected chi connectivity index (χ0v) is 55.6. The van der Waals surface area contributed by atoms with E-state index in [0.29, 0.717) is 29.4 Å². The van der Waals surface area contributed by atoms with E-state index < -0.39 is 71.7 Å². The third kappa shape index (κ3) is 26.0. The molecule has 6 N–H and O–H groups in total. The van der Waals surface area contributed by atoms with Crippen LogP contribution in [0.4, 0.5) is 0 Å². The maximum absolute atomic E-state index is 11.7. The lowest BCUT2D eigenvalue weighted by Crippen LogP contribution is -2.28. The Bertz CT molecular complexity index is 4190. The van der Waals surface area contributed by atoms with E-state index in [4.69, 9.17) is 9.66 Å². The molecule has 0 bridgehead atoms. The van der Waals surface area contributed by atoms with Crippen molar-refractivity contribution in [1.29, 1.82) is 0 Å². The first-order valence-corrected chi connectivity index (χ1v) is 34.6. The van der Waals surface area contributed by atoms with Crippen LogP contribution in [0.25, 0.3) is 11.4 Å². The lowest BCUT2D eigenvalue weighted by molar-refractivity contribution is -0.671. The molecule has 31 heteroatoms. The summed E-state index contributed by atoms with van der Waals surface area (Å²) in [5.41, 5.74) is 2.79. The van der Waals surface area contributed by atoms with Crippen molar-refractivity contribution in [2.45, 2.75) is 168 Å². The zero-order valence-electron chi connectivity index (χ0n) is 51.5. The highest BCUT2D eigenvalue weighted by molar-refractivity contribution is 7.87. The van der Waals surface area contributed by atoms with Crippen LogP contribution in [-0.2, 0) is 90.1 Å². The van der Waals surface area contributed by atoms with Gasteiger partial charge in [0.05, 0.1) is 40.5 Å². The van der Waals surface area contributed by atoms with Crippen LogP contribution < -0.4 is 18.3 Å². The van der Waals surface area contributed by atoms with E-state index in [9.17, 15) is 65.1 Å². The number of hydrogen-bond donors (Lipinski definition) is 6. The Hall–Kier alpha value is -7.07. The van der Waals surface area contributed by atoms with Crippen LogP contribution in [0.5, 0.6) is 0 Å². The minimum atomic E-state index is -4.72. The number of nitrogens with zero attached hydrogens (tertiary/aromatic N) is 9. The molecular formula is C62H102N9O17S5+5. The van der Waals surface area contributed by atoms with Gasteiger partial charge in [-0.15, -0.1) is 0 Å². The Morgan fingerprint density at radius 1 is 0.505 bits per heavy atom. The van der Waals surface area contributed by atoms with Crippen molar-refractivity contribution in [1.82, 2.24) is 18.3 Å². The second kappa shape index (κ2) is 36.0. The molecule has 4 aromatic heterocycles. The van der Waals surface area contributed by atoms with Crippen LogP contribution in [0.1, 0.15) is 158 Å². The summed E-state index contributed by atoms with van der Waals surface area (Å²) in [5.74, 6) is -0.677. The Labute approximate surface area is 552 Å². The highest BCUT2D eigenvalue weighted by Gasteiger charge is 2.34. The average Bonchev–Trinajstić information content (AvgIpc) is 1.16. The van der Waals surface area contributed by atoms with Gasteiger partial charge < -0.3 is 5.11 Å². The maximum atomic E-state index is 11.7. The molecule has 0 aliphatic carbocycles. The van der Waals surface area contributed by atoms with Crippen molar-refractivity contribution in [3.8, 4) is 11.4 Å². The molecule has 2 unspecified atom stereocenters. The van der Waals surface area contributed by atoms with Crippen LogP contribution in [-0.4, -0.2) is 111 Å². The minimum absolute atomic E-state index is 0. The molecule has 3 aromatic carbocycles. The first-order chi connectivity index (χ1) is 40.4. The van der Waals surface area contributed by atoms with Crippen LogP contribution in [0.2, 0.25) is 0 Å². The molecule has 0 spiro atoms. The predicted molar refractivity (Wildman–Crippen MR) is 358 cm³/mol. The SMILES string of the molecule is C.C.C.C.C.CC(C)C(n1cc[n+](C)c1)S(=O)(=O)O.CC(C)[N+]1=CC(CC(=O)O)C=C1.CC(C)c1cc(S(=O)(=O)O)c(-n2cc[n+](C)c2)c(S(=O)(=O)O)c1.CC(C)c1ccc(-n2cc[n+](C)c2)c(S(=O)(=O)O)c1.CC(C)c1ccc(Cn2cc[n+](C)c2)c(S(=O)(=O)O)c1. The molecule has 8 rings (SSSR count). The molecule has 93 heavy (non-hydrogen) atoms. The topological polar surface area (TPSA) is 347 Å². The number of aliphatic carboxylic acids is 1. The standard InChI is InChI=1S/C14H18N2O3S.C13H16N2O6S2.C13H16N2O3S.C9H13NO2.C8H14N2O3S.5CH4/c1-11(2)12-4-5-13(14(8-12)20(17,18)19)9-16-7-6-15(3)10-16;1-9(2)10-6-11(22(16,17)18)13(12(7-10)23(19,20)21)15-5-4-14(3)8-15;1-10(2)11-4-5-12(13(8-11)19(16,17)18)15-7-6-14(3)9-15;1-7(2)10-4-3-8(6-10)5-9(11)12;1-7(2)8(14(11,12)13)10-5-4-9(3)6-10;;;;;/h4-8,10-11H,9H2,1-3H3;4-9H,1-3H3,(H-,16,17,18,19,20,21);4-10H,1-3H3;3-4,6-8H,5H2,1-2H3;4-8H,1-3H3;5*1H4/p+5. The second-order valence-corrected chi connectivity index (χ2v) is 29.6. The fourth-order valence-corrected chi connectivity index (χ4v) is 13.0. The van der Waals surface area contributed by atoms with E-state index in [-0.39, 0.29) is 88.6 Å². The largest absolute Gasteiger partial charge is 0.481 e. The summed E-state index contributed by atoms with van der Waals surface area (Å²) in [4.78, 5) is 9.09. The lowest BCUT2D eigenvalue weighted by Gasteiger charge is -2.13. The average molecular weight is 1410 g/mol. The van der Waals surface area contributed by atoms with Gasteiger partial charge in [-0.3, -0.25) is 27.6 Å². The van der Waals surface area contributed by atoms with Crippen LogP contribution >= 0.6 is 0 Å². The van der Waals surface area contributed by atoms with E-state index in [2.05, 4.69) is 13.8 Å². The number of carboxylic acids is 1. The van der Waals surface area contributed by atoms with Crippen molar-refractivity contribution in [2.24, 2.45) is 40.0 Å². The molecule has 0 amide bonds. The quantitative estimate of drug-likeness (QED) is 0.0366. The van der Waals surface area contributed by atoms with Gasteiger partial charge in [0, 0.05) is 11.5 Å². The fourth-order valence-electron chi connectivity index (χ4n) is 8.82. The maximum Gasteiger partial charge on any atom is 0.307 e. The number of benzene rings is 3. The minimum Gasteiger partial charge on any atom is -0.481 e. The van der Waals surface area contributed by atoms with E-state index in [1.165, 1.54) is 39.9 Å². The Morgan fingerprint density at radius 3 is 1.27 bits per heavy atom. The molecule has 1 aliphatic rings. The highest BCUT2D eigenvalue weighted by Crippen LogP contribution is 2.32. The van der Waals surface area contributed by atoms with Crippen molar-refractivity contribution in [2.75, 3.05) is 0 Å². The van der Waals surface area contributed by atoms with E-state index in [1.54, 1.807) is 122 Å². The molecule has 0 radical (unpaired) electrons. The van der Waals surface area contributed by atoms with E-state index in [1.807, 2.05) is 105 Å². The smallest absolute Gasteiger partial charge is 0.307 e. The molecule has 0 saturated heterocycles. The summed E-state index contributed by atoms with van der Waals surface area (Å²) in [5, 5.41) is 7.61. The van der Waals surface area contributed by atoms with Gasteiger partial charge >= 0.3 is 16.1 Å². The first kappa shape index (κ1) is 88.0. The number of aryl methyl sites for hydroxylation is 4. The monoisotopic (exact) mass is 1400 g/mol. The molecule has 5 heterocycles. The lowest BCUT2D eigenvalue weighted by atomic mass is 10.0. The molecule has 2 atom stereocenters. The van der Waals surface area contributed by atoms with Crippen molar-refractivity contribution in [3.63, 3.8) is 0 Å². The van der Waals surface area contributed by atoms with Gasteiger partial charge in [0.1, 0.15) is 75.7 Å². The summed E-state index contributed by atoms with van der Waals surface area (Å²) in [6, 6.07) is 13.1. The molecule has 7 aromatic rings. The third-order valence-electron chi connectivity index (χ3n) is 13.3. The number of imidazole rings is 4. The number of rotatable bonds is 17. The number of hydrogen-bond acceptors (Lipinski definition) is 11. The van der Waals surface area contributed by atoms with Crippen molar-refractivity contribution >= 4 is 62.8 Å². The fraction of sp³-hybridized carbons (Fsp3) is 0.452. The summed E-state index contributed by atoms with van der Waals surface area (Å²) in [7, 11) is -14.8. The summed E-state index contributed by atoms with van der Waals surface area (Å²) in [6.45, 7) is 19.4. The second-order valence-electron chi connectivity index (χ2n) is 22.5. The van der Waals surface area contributed by atoms with Gasteiger partial charge in [0.15, 0.2) is 29.8 Å². The molecule has 0 fully saturated rings. The molecule has 0 saturated carbocycles. The highest BCUT2D eigenvalue weighted by atomic mass is 32.2. The summed E-state index contributed by atoms with van der Waals surface area (Å²) in [6.07, 6.45) is 26.2. The van der Waals surface area contributed by atoms with Gasteiger partial charge in [0.2, 0.25) is 30.7 Å². The van der Waals surface area contributed by atoms with E-state index >= 15 is 0 Å². The molecule has 26 nitrogen and oxygen atoms in total. The first-order valence-electron chi connectivity index (χ1n) is 27.3. The number of carbonyl (C=O) groups is 1. The Morgan fingerprint density at radius 2 is 0.914 bits per heavy atom. The molecule has 522 valence electrons. The molecule has 1 aliphatic heterocycles. The van der Waals surface area contributed by atoms with Crippen molar-refractivity contribution in [3.05, 3.63) is 158 Å². The summed E-state index contributed by atoms with van der Waals surface area (Å²) < 4.78 is 177. The summed E-state index contributed by atoms with van der Waals surface area (Å²) >= 11 is 0. The van der Waals surface area contributed by atoms with Gasteiger partial charge in [-0.25, -0.2) is 36.5 Å². The number of carboxylic acid groups (broad SMARTS) is 1. The van der Waals surface area contributed by atoms with Gasteiger partial charge in [-0.05, 0) is 84.7 Å². The number of aromatic nitrogens is 8. The van der Waals surface area contributed by atoms with Gasteiger partial charge in [-0.2, -0.15) is 46.7 Å². The Balaban J connectivity index is 0. The Kier molecular flexibility index (Phi) is 34.1. The predicted octanol–water partition coefficient (Wildman–Crippen LogP) is 8.95. The van der Waals surface area contributed by atoms with Gasteiger partial charge in [0.25, 0.3) is 40.5 Å². The molecular weight excluding hydrogens is 1300 g/mol. The van der Waals surface area contributed by atoms with Crippen molar-refractivity contribution < 1.29 is 97.6 Å². The third-order valence-corrected chi connectivity index (χ3v) is 18.3. The van der Waals surface area contributed by atoms with Crippen LogP contribution in [0.15, 0.2) is 155 Å². The zero-order chi connectivity index (χ0) is 66.8. The van der Waals surface area contributed by atoms with E-state index in [0.717, 1.165) is 11.1 Å². The normalized spacial score (nSPS) is 13.2. The van der Waals surface area contributed by atoms with Gasteiger partial charge in [-0.1, -0.05) is 111 Å². The van der Waals surface area contributed by atoms with Crippen LogP contribution in [0.3, 0.4) is 0 Å².